The van der Waals surface area contributed by atoms with Crippen LogP contribution in [0.2, 0.25) is 0 Å². The summed E-state index contributed by atoms with van der Waals surface area (Å²) < 4.78 is 5.37. The molecule has 0 saturated carbocycles. The molecule has 4 heteroatoms. The van der Waals surface area contributed by atoms with E-state index in [0.717, 1.165) is 31.6 Å². The summed E-state index contributed by atoms with van der Waals surface area (Å²) in [7, 11) is 0. The Labute approximate surface area is 120 Å². The van der Waals surface area contributed by atoms with Crippen LogP contribution in [-0.4, -0.2) is 25.7 Å². The second kappa shape index (κ2) is 5.94. The van der Waals surface area contributed by atoms with Crippen molar-refractivity contribution < 1.29 is 9.53 Å². The van der Waals surface area contributed by atoms with Crippen LogP contribution < -0.4 is 11.1 Å². The lowest BCUT2D eigenvalue weighted by molar-refractivity contribution is -0.127. The van der Waals surface area contributed by atoms with Gasteiger partial charge in [0.05, 0.1) is 0 Å². The first kappa shape index (κ1) is 15.0. The van der Waals surface area contributed by atoms with Gasteiger partial charge in [-0.1, -0.05) is 37.3 Å². The molecule has 0 spiro atoms. The number of carbonyl (C=O) groups excluding carboxylic acids is 1. The smallest absolute Gasteiger partial charge is 0.244 e. The van der Waals surface area contributed by atoms with E-state index in [1.165, 1.54) is 0 Å². The molecule has 1 aliphatic heterocycles. The molecule has 3 N–H and O–H groups in total. The van der Waals surface area contributed by atoms with Crippen molar-refractivity contribution >= 4 is 5.91 Å². The lowest BCUT2D eigenvalue weighted by Gasteiger charge is -2.35. The van der Waals surface area contributed by atoms with Gasteiger partial charge in [-0.3, -0.25) is 4.79 Å². The molecule has 4 nitrogen and oxygen atoms in total. The molecule has 1 unspecified atom stereocenters. The highest BCUT2D eigenvalue weighted by molar-refractivity contribution is 5.87. The Kier molecular flexibility index (Phi) is 4.45. The van der Waals surface area contributed by atoms with E-state index < -0.39 is 5.54 Å². The monoisotopic (exact) mass is 276 g/mol. The summed E-state index contributed by atoms with van der Waals surface area (Å²) in [5.74, 6) is -0.128. The number of hydrogen-bond donors (Lipinski definition) is 2. The van der Waals surface area contributed by atoms with Crippen molar-refractivity contribution in [3.05, 3.63) is 35.9 Å². The van der Waals surface area contributed by atoms with Gasteiger partial charge in [-0.15, -0.1) is 0 Å². The molecule has 0 bridgehead atoms. The van der Waals surface area contributed by atoms with Gasteiger partial charge in [0.2, 0.25) is 5.91 Å². The van der Waals surface area contributed by atoms with Crippen molar-refractivity contribution in [2.75, 3.05) is 19.8 Å². The molecule has 0 aliphatic carbocycles. The number of rotatable bonds is 4. The van der Waals surface area contributed by atoms with Crippen LogP contribution >= 0.6 is 0 Å². The summed E-state index contributed by atoms with van der Waals surface area (Å²) in [6.45, 7) is 6.13. The Balaban J connectivity index is 1.97. The number of benzene rings is 1. The van der Waals surface area contributed by atoms with Gasteiger partial charge in [0, 0.05) is 19.8 Å². The van der Waals surface area contributed by atoms with Crippen LogP contribution in [0.5, 0.6) is 0 Å². The number of hydrogen-bond acceptors (Lipinski definition) is 3. The molecule has 1 heterocycles. The first-order valence-electron chi connectivity index (χ1n) is 7.15. The van der Waals surface area contributed by atoms with Gasteiger partial charge in [-0.25, -0.2) is 0 Å². The first-order valence-corrected chi connectivity index (χ1v) is 7.15. The minimum Gasteiger partial charge on any atom is -0.381 e. The summed E-state index contributed by atoms with van der Waals surface area (Å²) in [6.07, 6.45) is 1.94. The zero-order valence-electron chi connectivity index (χ0n) is 12.3. The molecular formula is C16H24N2O2. The quantitative estimate of drug-likeness (QED) is 0.881. The third kappa shape index (κ3) is 3.38. The average Bonchev–Trinajstić information content (AvgIpc) is 2.46. The number of carbonyl (C=O) groups is 1. The number of nitrogens with two attached hydrogens (primary N) is 1. The summed E-state index contributed by atoms with van der Waals surface area (Å²) in [5.41, 5.74) is 6.15. The Morgan fingerprint density at radius 3 is 2.55 bits per heavy atom. The van der Waals surface area contributed by atoms with Crippen LogP contribution in [0.25, 0.3) is 0 Å². The van der Waals surface area contributed by atoms with Crippen molar-refractivity contribution in [2.45, 2.75) is 32.2 Å². The molecule has 1 fully saturated rings. The fourth-order valence-electron chi connectivity index (χ4n) is 2.43. The minimum absolute atomic E-state index is 0.112. The van der Waals surface area contributed by atoms with Gasteiger partial charge >= 0.3 is 0 Å². The fraction of sp³-hybridized carbons (Fsp3) is 0.562. The van der Waals surface area contributed by atoms with E-state index in [1.807, 2.05) is 30.3 Å². The summed E-state index contributed by atoms with van der Waals surface area (Å²) in [4.78, 5) is 12.4. The molecule has 20 heavy (non-hydrogen) atoms. The van der Waals surface area contributed by atoms with Gasteiger partial charge < -0.3 is 15.8 Å². The number of amides is 1. The minimum atomic E-state index is -0.997. The highest BCUT2D eigenvalue weighted by Gasteiger charge is 2.33. The maximum atomic E-state index is 12.4. The maximum Gasteiger partial charge on any atom is 0.244 e. The molecule has 1 atom stereocenters. The molecule has 0 radical (unpaired) electrons. The van der Waals surface area contributed by atoms with Crippen LogP contribution in [0.3, 0.4) is 0 Å². The molecule has 2 rings (SSSR count). The van der Waals surface area contributed by atoms with Crippen molar-refractivity contribution in [3.8, 4) is 0 Å². The van der Waals surface area contributed by atoms with Crippen LogP contribution in [0.4, 0.5) is 0 Å². The van der Waals surface area contributed by atoms with Crippen LogP contribution in [0.15, 0.2) is 30.3 Å². The lowest BCUT2D eigenvalue weighted by Crippen LogP contribution is -2.51. The highest BCUT2D eigenvalue weighted by Crippen LogP contribution is 2.29. The Bertz CT molecular complexity index is 451. The molecular weight excluding hydrogens is 252 g/mol. The average molecular weight is 276 g/mol. The predicted molar refractivity (Wildman–Crippen MR) is 79.2 cm³/mol. The van der Waals surface area contributed by atoms with E-state index in [4.69, 9.17) is 10.5 Å². The van der Waals surface area contributed by atoms with Crippen LogP contribution in [-0.2, 0) is 15.1 Å². The van der Waals surface area contributed by atoms with E-state index in [2.05, 4.69) is 12.2 Å². The van der Waals surface area contributed by atoms with Crippen molar-refractivity contribution in [2.24, 2.45) is 11.1 Å². The predicted octanol–water partition coefficient (Wildman–Crippen LogP) is 1.79. The van der Waals surface area contributed by atoms with E-state index in [0.29, 0.717) is 6.54 Å². The molecule has 0 aromatic heterocycles. The van der Waals surface area contributed by atoms with E-state index >= 15 is 0 Å². The third-order valence-corrected chi connectivity index (χ3v) is 4.22. The number of ether oxygens (including phenoxy) is 1. The normalized spacial score (nSPS) is 20.9. The van der Waals surface area contributed by atoms with E-state index in [-0.39, 0.29) is 11.3 Å². The Hall–Kier alpha value is -1.39. The van der Waals surface area contributed by atoms with Crippen LogP contribution in [0, 0.1) is 5.41 Å². The lowest BCUT2D eigenvalue weighted by atomic mass is 9.82. The second-order valence-electron chi connectivity index (χ2n) is 6.17. The van der Waals surface area contributed by atoms with E-state index in [9.17, 15) is 4.79 Å². The summed E-state index contributed by atoms with van der Waals surface area (Å²) >= 11 is 0. The zero-order valence-corrected chi connectivity index (χ0v) is 12.3. The molecule has 1 saturated heterocycles. The van der Waals surface area contributed by atoms with Gasteiger partial charge in [0.15, 0.2) is 0 Å². The molecule has 1 aromatic carbocycles. The Morgan fingerprint density at radius 2 is 1.95 bits per heavy atom. The second-order valence-corrected chi connectivity index (χ2v) is 6.17. The zero-order chi connectivity index (χ0) is 14.6. The maximum absolute atomic E-state index is 12.4. The number of nitrogens with one attached hydrogen (secondary N) is 1. The molecule has 1 amide bonds. The highest BCUT2D eigenvalue weighted by atomic mass is 16.5. The van der Waals surface area contributed by atoms with Crippen LogP contribution in [0.1, 0.15) is 32.3 Å². The van der Waals surface area contributed by atoms with Gasteiger partial charge in [-0.2, -0.15) is 0 Å². The first-order chi connectivity index (χ1) is 9.44. The van der Waals surface area contributed by atoms with Crippen molar-refractivity contribution in [1.29, 1.82) is 0 Å². The standard InChI is InChI=1S/C16H24N2O2/c1-15(8-10-20-11-9-15)12-18-14(19)16(2,17)13-6-4-3-5-7-13/h3-7H,8-12,17H2,1-2H3,(H,18,19). The summed E-state index contributed by atoms with van der Waals surface area (Å²) in [5, 5.41) is 3.01. The fourth-order valence-corrected chi connectivity index (χ4v) is 2.43. The third-order valence-electron chi connectivity index (χ3n) is 4.22. The largest absolute Gasteiger partial charge is 0.381 e. The van der Waals surface area contributed by atoms with Gasteiger partial charge in [0.1, 0.15) is 5.54 Å². The van der Waals surface area contributed by atoms with Gasteiger partial charge in [0.25, 0.3) is 0 Å². The van der Waals surface area contributed by atoms with Crippen molar-refractivity contribution in [1.82, 2.24) is 5.32 Å². The molecule has 1 aliphatic rings. The van der Waals surface area contributed by atoms with Gasteiger partial charge in [-0.05, 0) is 30.7 Å². The molecule has 1 aromatic rings. The summed E-state index contributed by atoms with van der Waals surface area (Å²) in [6, 6.07) is 9.48. The molecule has 110 valence electrons. The van der Waals surface area contributed by atoms with E-state index in [1.54, 1.807) is 6.92 Å². The van der Waals surface area contributed by atoms with Crippen molar-refractivity contribution in [3.63, 3.8) is 0 Å². The SMILES string of the molecule is CC1(CNC(=O)C(C)(N)c2ccccc2)CCOCC1. The Morgan fingerprint density at radius 1 is 1.35 bits per heavy atom. The topological polar surface area (TPSA) is 64.4 Å².